The molecule has 1 aliphatic heterocycles. The van der Waals surface area contributed by atoms with E-state index in [0.717, 1.165) is 12.0 Å². The van der Waals surface area contributed by atoms with Gasteiger partial charge >= 0.3 is 0 Å². The summed E-state index contributed by atoms with van der Waals surface area (Å²) in [7, 11) is -3.46. The van der Waals surface area contributed by atoms with Crippen LogP contribution in [0.4, 0.5) is 0 Å². The van der Waals surface area contributed by atoms with E-state index in [4.69, 9.17) is 0 Å². The molecule has 2 rings (SSSR count). The Morgan fingerprint density at radius 1 is 1.21 bits per heavy atom. The molecule has 24 heavy (non-hydrogen) atoms. The number of hydrogen-bond acceptors (Lipinski definition) is 4. The molecule has 0 unspecified atom stereocenters. The Bertz CT molecular complexity index is 628. The minimum atomic E-state index is -3.46. The molecule has 0 spiro atoms. The zero-order valence-corrected chi connectivity index (χ0v) is 16.0. The Kier molecular flexibility index (Phi) is 7.70. The molecule has 136 valence electrons. The van der Waals surface area contributed by atoms with Crippen LogP contribution in [0.1, 0.15) is 25.3 Å². The van der Waals surface area contributed by atoms with Crippen LogP contribution in [0, 0.1) is 0 Å². The lowest BCUT2D eigenvalue weighted by molar-refractivity contribution is -0.134. The van der Waals surface area contributed by atoms with Crippen LogP contribution < -0.4 is 5.32 Å². The van der Waals surface area contributed by atoms with Crippen LogP contribution in [0.15, 0.2) is 30.3 Å². The molecular formula is C17H27ClN2O3S. The topological polar surface area (TPSA) is 66.5 Å². The number of amides is 1. The van der Waals surface area contributed by atoms with Crippen molar-refractivity contribution in [1.82, 2.24) is 10.2 Å². The van der Waals surface area contributed by atoms with Crippen molar-refractivity contribution >= 4 is 28.2 Å². The van der Waals surface area contributed by atoms with Crippen molar-refractivity contribution in [1.29, 1.82) is 0 Å². The van der Waals surface area contributed by atoms with E-state index in [1.165, 1.54) is 6.26 Å². The molecule has 0 radical (unpaired) electrons. The number of rotatable bonds is 6. The minimum absolute atomic E-state index is 0. The monoisotopic (exact) mass is 374 g/mol. The number of halogens is 1. The van der Waals surface area contributed by atoms with E-state index in [-0.39, 0.29) is 18.3 Å². The highest BCUT2D eigenvalue weighted by molar-refractivity contribution is 7.92. The number of piperidine rings is 1. The second-order valence-electron chi connectivity index (χ2n) is 6.14. The van der Waals surface area contributed by atoms with Gasteiger partial charge in [-0.15, -0.1) is 12.4 Å². The van der Waals surface area contributed by atoms with E-state index in [1.807, 2.05) is 37.3 Å². The predicted molar refractivity (Wildman–Crippen MR) is 99.3 cm³/mol. The number of likely N-dealkylation sites (N-methyl/N-ethyl adjacent to an activating group) is 1. The molecule has 5 nitrogen and oxygen atoms in total. The van der Waals surface area contributed by atoms with Gasteiger partial charge in [0.15, 0.2) is 14.6 Å². The summed E-state index contributed by atoms with van der Waals surface area (Å²) in [5.41, 5.74) is 1.15. The van der Waals surface area contributed by atoms with Gasteiger partial charge in [-0.25, -0.2) is 8.42 Å². The lowest BCUT2D eigenvalue weighted by atomic mass is 9.95. The Morgan fingerprint density at radius 3 is 2.29 bits per heavy atom. The average Bonchev–Trinajstić information content (AvgIpc) is 2.56. The highest BCUT2D eigenvalue weighted by Gasteiger charge is 2.50. The van der Waals surface area contributed by atoms with Crippen molar-refractivity contribution in [2.24, 2.45) is 0 Å². The molecule has 0 bridgehead atoms. The number of hydrogen-bond donors (Lipinski definition) is 1. The molecule has 1 aromatic rings. The van der Waals surface area contributed by atoms with Gasteiger partial charge in [-0.2, -0.15) is 0 Å². The van der Waals surface area contributed by atoms with Gasteiger partial charge in [0.2, 0.25) is 5.91 Å². The first-order chi connectivity index (χ1) is 10.9. The average molecular weight is 375 g/mol. The van der Waals surface area contributed by atoms with Crippen LogP contribution in [0.2, 0.25) is 0 Å². The summed E-state index contributed by atoms with van der Waals surface area (Å²) in [6.45, 7) is 4.10. The lowest BCUT2D eigenvalue weighted by Crippen LogP contribution is -2.58. The summed E-state index contributed by atoms with van der Waals surface area (Å²) in [5.74, 6) is -0.236. The maximum absolute atomic E-state index is 13.0. The molecule has 0 aliphatic carbocycles. The van der Waals surface area contributed by atoms with Crippen molar-refractivity contribution in [3.63, 3.8) is 0 Å². The first kappa shape index (κ1) is 20.9. The molecule has 0 aromatic heterocycles. The highest BCUT2D eigenvalue weighted by Crippen LogP contribution is 2.30. The van der Waals surface area contributed by atoms with Crippen molar-refractivity contribution in [2.75, 3.05) is 32.4 Å². The van der Waals surface area contributed by atoms with Gasteiger partial charge in [-0.05, 0) is 44.8 Å². The van der Waals surface area contributed by atoms with Gasteiger partial charge < -0.3 is 10.2 Å². The summed E-state index contributed by atoms with van der Waals surface area (Å²) < 4.78 is 23.5. The number of carbonyl (C=O) groups excluding carboxylic acids is 1. The third-order valence-corrected chi connectivity index (χ3v) is 6.70. The van der Waals surface area contributed by atoms with Crippen LogP contribution in [0.25, 0.3) is 0 Å². The fourth-order valence-electron chi connectivity index (χ4n) is 3.17. The molecule has 1 aromatic carbocycles. The molecule has 1 heterocycles. The molecular weight excluding hydrogens is 348 g/mol. The van der Waals surface area contributed by atoms with E-state index in [0.29, 0.717) is 39.0 Å². The Labute approximate surface area is 151 Å². The fourth-order valence-corrected chi connectivity index (χ4v) is 4.57. The van der Waals surface area contributed by atoms with Crippen molar-refractivity contribution < 1.29 is 13.2 Å². The third kappa shape index (κ3) is 4.49. The first-order valence-corrected chi connectivity index (χ1v) is 10.0. The molecule has 0 saturated carbocycles. The Morgan fingerprint density at radius 2 is 1.79 bits per heavy atom. The van der Waals surface area contributed by atoms with Crippen molar-refractivity contribution in [3.05, 3.63) is 35.9 Å². The SMILES string of the molecule is CCN(CCc1ccccc1)C(=O)C1(S(C)(=O)=O)CCNCC1.Cl. The number of benzene rings is 1. The summed E-state index contributed by atoms with van der Waals surface area (Å²) in [6, 6.07) is 9.95. The van der Waals surface area contributed by atoms with Gasteiger partial charge in [0.25, 0.3) is 0 Å². The van der Waals surface area contributed by atoms with E-state index in [9.17, 15) is 13.2 Å². The summed E-state index contributed by atoms with van der Waals surface area (Å²) in [4.78, 5) is 14.7. The zero-order chi connectivity index (χ0) is 16.9. The molecule has 1 N–H and O–H groups in total. The van der Waals surface area contributed by atoms with Gasteiger partial charge in [0.1, 0.15) is 0 Å². The van der Waals surface area contributed by atoms with Gasteiger partial charge in [0, 0.05) is 19.3 Å². The molecule has 1 aliphatic rings. The lowest BCUT2D eigenvalue weighted by Gasteiger charge is -2.38. The Hall–Kier alpha value is -1.11. The number of carbonyl (C=O) groups is 1. The van der Waals surface area contributed by atoms with Gasteiger partial charge in [-0.3, -0.25) is 4.79 Å². The second kappa shape index (κ2) is 8.83. The van der Waals surface area contributed by atoms with E-state index in [1.54, 1.807) is 4.90 Å². The number of nitrogens with one attached hydrogen (secondary N) is 1. The molecule has 0 atom stereocenters. The van der Waals surface area contributed by atoms with Crippen molar-refractivity contribution in [2.45, 2.75) is 30.9 Å². The number of sulfone groups is 1. The third-order valence-electron chi connectivity index (χ3n) is 4.69. The first-order valence-electron chi connectivity index (χ1n) is 8.14. The van der Waals surface area contributed by atoms with Crippen molar-refractivity contribution in [3.8, 4) is 0 Å². The van der Waals surface area contributed by atoms with Gasteiger partial charge in [0.05, 0.1) is 0 Å². The highest BCUT2D eigenvalue weighted by atomic mass is 35.5. The normalized spacial score (nSPS) is 16.9. The smallest absolute Gasteiger partial charge is 0.244 e. The van der Waals surface area contributed by atoms with Crippen LogP contribution in [0.3, 0.4) is 0 Å². The largest absolute Gasteiger partial charge is 0.341 e. The molecule has 1 saturated heterocycles. The molecule has 7 heteroatoms. The second-order valence-corrected chi connectivity index (χ2v) is 8.46. The summed E-state index contributed by atoms with van der Waals surface area (Å²) in [5, 5.41) is 3.15. The van der Waals surface area contributed by atoms with Crippen LogP contribution in [-0.4, -0.2) is 56.4 Å². The zero-order valence-electron chi connectivity index (χ0n) is 14.3. The predicted octanol–water partition coefficient (Wildman–Crippen LogP) is 1.67. The number of nitrogens with zero attached hydrogens (tertiary/aromatic N) is 1. The maximum atomic E-state index is 13.0. The van der Waals surface area contributed by atoms with E-state index in [2.05, 4.69) is 5.32 Å². The van der Waals surface area contributed by atoms with Crippen LogP contribution >= 0.6 is 12.4 Å². The van der Waals surface area contributed by atoms with Crippen LogP contribution in [0.5, 0.6) is 0 Å². The Balaban J connectivity index is 0.00000288. The standard InChI is InChI=1S/C17H26N2O3S.ClH/c1-3-19(14-9-15-7-5-4-6-8-15)16(20)17(23(2,21)22)10-12-18-13-11-17;/h4-8,18H,3,9-14H2,1-2H3;1H. The summed E-state index contributed by atoms with van der Waals surface area (Å²) >= 11 is 0. The van der Waals surface area contributed by atoms with Gasteiger partial charge in [-0.1, -0.05) is 30.3 Å². The maximum Gasteiger partial charge on any atom is 0.244 e. The van der Waals surface area contributed by atoms with E-state index < -0.39 is 14.6 Å². The fraction of sp³-hybridized carbons (Fsp3) is 0.588. The van der Waals surface area contributed by atoms with Crippen LogP contribution in [-0.2, 0) is 21.1 Å². The molecule has 1 fully saturated rings. The summed E-state index contributed by atoms with van der Waals surface area (Å²) in [6.07, 6.45) is 2.64. The quantitative estimate of drug-likeness (QED) is 0.822. The van der Waals surface area contributed by atoms with E-state index >= 15 is 0 Å². The molecule has 1 amide bonds. The minimum Gasteiger partial charge on any atom is -0.341 e.